The Hall–Kier alpha value is -0.810. The van der Waals surface area contributed by atoms with E-state index < -0.39 is 0 Å². The van der Waals surface area contributed by atoms with E-state index >= 15 is 0 Å². The van der Waals surface area contributed by atoms with Crippen LogP contribution in [0.1, 0.15) is 24.4 Å². The van der Waals surface area contributed by atoms with Gasteiger partial charge in [0.05, 0.1) is 12.6 Å². The van der Waals surface area contributed by atoms with Gasteiger partial charge in [0.2, 0.25) is 5.91 Å². The molecule has 2 atom stereocenters. The number of carbonyl (C=O) groups is 1. The predicted octanol–water partition coefficient (Wildman–Crippen LogP) is 2.63. The van der Waals surface area contributed by atoms with Crippen LogP contribution in [0.3, 0.4) is 0 Å². The summed E-state index contributed by atoms with van der Waals surface area (Å²) in [5.74, 6) is 0.0878. The molecule has 1 fully saturated rings. The van der Waals surface area contributed by atoms with E-state index in [1.807, 2.05) is 12.1 Å². The number of rotatable bonds is 4. The molecule has 4 nitrogen and oxygen atoms in total. The Morgan fingerprint density at radius 1 is 1.35 bits per heavy atom. The van der Waals surface area contributed by atoms with Gasteiger partial charge in [0.1, 0.15) is 0 Å². The number of carbonyl (C=O) groups excluding carboxylic acids is 1. The average Bonchev–Trinajstić information content (AvgIpc) is 2.38. The number of likely N-dealkylation sites (tertiary alicyclic amines) is 1. The average molecular weight is 317 g/mol. The molecule has 2 rings (SSSR count). The van der Waals surface area contributed by atoms with Gasteiger partial charge in [0.25, 0.3) is 0 Å². The fourth-order valence-corrected chi connectivity index (χ4v) is 3.15. The van der Waals surface area contributed by atoms with Crippen molar-refractivity contribution in [1.29, 1.82) is 0 Å². The van der Waals surface area contributed by atoms with Gasteiger partial charge >= 0.3 is 0 Å². The fourth-order valence-electron chi connectivity index (χ4n) is 2.60. The Labute approximate surface area is 128 Å². The number of benzene rings is 1. The monoisotopic (exact) mass is 316 g/mol. The third kappa shape index (κ3) is 3.44. The predicted molar refractivity (Wildman–Crippen MR) is 80.0 cm³/mol. The van der Waals surface area contributed by atoms with Crippen LogP contribution in [0.5, 0.6) is 0 Å². The maximum absolute atomic E-state index is 12.1. The molecule has 1 saturated heterocycles. The van der Waals surface area contributed by atoms with E-state index in [0.29, 0.717) is 36.0 Å². The van der Waals surface area contributed by atoms with Crippen molar-refractivity contribution in [3.05, 3.63) is 33.8 Å². The highest BCUT2D eigenvalue weighted by Gasteiger charge is 2.34. The van der Waals surface area contributed by atoms with E-state index in [4.69, 9.17) is 33.7 Å². The molecule has 0 saturated carbocycles. The van der Waals surface area contributed by atoms with Gasteiger partial charge in [-0.1, -0.05) is 23.2 Å². The van der Waals surface area contributed by atoms with Crippen LogP contribution in [-0.4, -0.2) is 37.1 Å². The van der Waals surface area contributed by atoms with E-state index in [0.717, 1.165) is 5.56 Å². The Bertz CT molecular complexity index is 476. The number of nitrogens with zero attached hydrogens (tertiary/aromatic N) is 1. The molecule has 1 aliphatic heterocycles. The molecule has 1 amide bonds. The molecule has 0 bridgehead atoms. The van der Waals surface area contributed by atoms with Crippen molar-refractivity contribution in [1.82, 2.24) is 4.90 Å². The fraction of sp³-hybridized carbons (Fsp3) is 0.500. The van der Waals surface area contributed by atoms with Gasteiger partial charge in [-0.15, -0.1) is 0 Å². The molecule has 0 aromatic heterocycles. The second-order valence-corrected chi connectivity index (χ2v) is 5.80. The zero-order valence-corrected chi connectivity index (χ0v) is 12.8. The minimum absolute atomic E-state index is 0.0878. The topological polar surface area (TPSA) is 55.6 Å². The first kappa shape index (κ1) is 15.6. The van der Waals surface area contributed by atoms with Gasteiger partial charge in [-0.3, -0.25) is 4.79 Å². The number of nitrogens with two attached hydrogens (primary N) is 1. The van der Waals surface area contributed by atoms with Gasteiger partial charge in [-0.05, 0) is 30.2 Å². The van der Waals surface area contributed by atoms with Crippen LogP contribution in [0.15, 0.2) is 18.2 Å². The van der Waals surface area contributed by atoms with Crippen molar-refractivity contribution in [3.63, 3.8) is 0 Å². The summed E-state index contributed by atoms with van der Waals surface area (Å²) in [6, 6.07) is 4.97. The lowest BCUT2D eigenvalue weighted by molar-refractivity contribution is -0.138. The second kappa shape index (κ2) is 6.76. The number of piperidine rings is 1. The minimum Gasteiger partial charge on any atom is -0.383 e. The summed E-state index contributed by atoms with van der Waals surface area (Å²) in [5, 5.41) is 1.09. The Morgan fingerprint density at radius 3 is 2.60 bits per heavy atom. The number of halogens is 2. The first-order valence-corrected chi connectivity index (χ1v) is 7.28. The van der Waals surface area contributed by atoms with Gasteiger partial charge in [0.15, 0.2) is 0 Å². The molecule has 1 aliphatic rings. The van der Waals surface area contributed by atoms with Crippen molar-refractivity contribution in [2.75, 3.05) is 20.3 Å². The lowest BCUT2D eigenvalue weighted by Crippen LogP contribution is -2.49. The molecule has 0 spiro atoms. The molecule has 1 aromatic rings. The summed E-state index contributed by atoms with van der Waals surface area (Å²) in [7, 11) is 1.61. The van der Waals surface area contributed by atoms with Gasteiger partial charge in [-0.2, -0.15) is 0 Å². The highest BCUT2D eigenvalue weighted by Crippen LogP contribution is 2.33. The Kier molecular flexibility index (Phi) is 5.27. The number of hydrogen-bond acceptors (Lipinski definition) is 3. The smallest absolute Gasteiger partial charge is 0.223 e. The number of methoxy groups -OCH3 is 1. The normalized spacial score (nSPS) is 23.2. The molecule has 1 heterocycles. The first-order chi connectivity index (χ1) is 9.52. The summed E-state index contributed by atoms with van der Waals surface area (Å²) >= 11 is 12.1. The summed E-state index contributed by atoms with van der Waals surface area (Å²) in [6.45, 7) is 0.987. The van der Waals surface area contributed by atoms with Crippen LogP contribution >= 0.6 is 23.2 Å². The highest BCUT2D eigenvalue weighted by atomic mass is 35.5. The summed E-state index contributed by atoms with van der Waals surface area (Å²) in [5.41, 5.74) is 7.09. The first-order valence-electron chi connectivity index (χ1n) is 6.53. The highest BCUT2D eigenvalue weighted by molar-refractivity contribution is 6.34. The largest absolute Gasteiger partial charge is 0.383 e. The molecular weight excluding hydrogens is 299 g/mol. The van der Waals surface area contributed by atoms with Crippen LogP contribution in [0.2, 0.25) is 10.0 Å². The SMILES string of the molecule is COCCN1C(=O)CCC(N)C1c1cc(Cl)cc(Cl)c1. The van der Waals surface area contributed by atoms with Crippen LogP contribution in [-0.2, 0) is 9.53 Å². The van der Waals surface area contributed by atoms with Crippen molar-refractivity contribution < 1.29 is 9.53 Å². The summed E-state index contributed by atoms with van der Waals surface area (Å²) < 4.78 is 5.07. The van der Waals surface area contributed by atoms with Crippen molar-refractivity contribution in [3.8, 4) is 0 Å². The molecule has 20 heavy (non-hydrogen) atoms. The van der Waals surface area contributed by atoms with E-state index in [1.165, 1.54) is 0 Å². The molecule has 0 aliphatic carbocycles. The van der Waals surface area contributed by atoms with E-state index in [2.05, 4.69) is 0 Å². The maximum atomic E-state index is 12.1. The molecule has 1 aromatic carbocycles. The number of hydrogen-bond donors (Lipinski definition) is 1. The van der Waals surface area contributed by atoms with Crippen LogP contribution in [0.4, 0.5) is 0 Å². The molecule has 2 unspecified atom stereocenters. The van der Waals surface area contributed by atoms with Crippen molar-refractivity contribution >= 4 is 29.1 Å². The van der Waals surface area contributed by atoms with Crippen molar-refractivity contribution in [2.24, 2.45) is 5.73 Å². The summed E-state index contributed by atoms with van der Waals surface area (Å²) in [6.07, 6.45) is 1.13. The lowest BCUT2D eigenvalue weighted by atomic mass is 9.90. The van der Waals surface area contributed by atoms with Crippen molar-refractivity contribution in [2.45, 2.75) is 24.9 Å². The van der Waals surface area contributed by atoms with E-state index in [9.17, 15) is 4.79 Å². The van der Waals surface area contributed by atoms with Gasteiger partial charge in [0, 0.05) is 36.2 Å². The molecule has 2 N–H and O–H groups in total. The third-order valence-corrected chi connectivity index (χ3v) is 3.95. The molecular formula is C14H18Cl2N2O2. The zero-order chi connectivity index (χ0) is 14.7. The van der Waals surface area contributed by atoms with Gasteiger partial charge < -0.3 is 15.4 Å². The summed E-state index contributed by atoms with van der Waals surface area (Å²) in [4.78, 5) is 13.9. The Balaban J connectivity index is 2.33. The van der Waals surface area contributed by atoms with E-state index in [1.54, 1.807) is 18.1 Å². The maximum Gasteiger partial charge on any atom is 0.223 e. The second-order valence-electron chi connectivity index (χ2n) is 4.93. The number of ether oxygens (including phenoxy) is 1. The number of amides is 1. The van der Waals surface area contributed by atoms with Crippen LogP contribution < -0.4 is 5.73 Å². The van der Waals surface area contributed by atoms with Crippen LogP contribution in [0, 0.1) is 0 Å². The zero-order valence-electron chi connectivity index (χ0n) is 11.3. The molecule has 0 radical (unpaired) electrons. The van der Waals surface area contributed by atoms with Crippen LogP contribution in [0.25, 0.3) is 0 Å². The quantitative estimate of drug-likeness (QED) is 0.929. The molecule has 6 heteroatoms. The Morgan fingerprint density at radius 2 is 2.00 bits per heavy atom. The third-order valence-electron chi connectivity index (χ3n) is 3.52. The lowest BCUT2D eigenvalue weighted by Gasteiger charge is -2.40. The van der Waals surface area contributed by atoms with E-state index in [-0.39, 0.29) is 18.0 Å². The van der Waals surface area contributed by atoms with Gasteiger partial charge in [-0.25, -0.2) is 0 Å². The minimum atomic E-state index is -0.206. The standard InChI is InChI=1S/C14H18Cl2N2O2/c1-20-5-4-18-13(19)3-2-12(17)14(18)9-6-10(15)8-11(16)7-9/h6-8,12,14H,2-5,17H2,1H3. The molecule has 110 valence electrons.